The van der Waals surface area contributed by atoms with Crippen LogP contribution in [0.2, 0.25) is 0 Å². The fourth-order valence-electron chi connectivity index (χ4n) is 1.59. The second-order valence-corrected chi connectivity index (χ2v) is 3.92. The van der Waals surface area contributed by atoms with Gasteiger partial charge in [0.15, 0.2) is 0 Å². The number of hydrogen-bond acceptors (Lipinski definition) is 2. The highest BCUT2D eigenvalue weighted by molar-refractivity contribution is 5.16. The van der Waals surface area contributed by atoms with E-state index in [1.807, 2.05) is 7.05 Å². The highest BCUT2D eigenvalue weighted by atomic mass is 15.1. The zero-order valence-corrected chi connectivity index (χ0v) is 8.96. The minimum atomic E-state index is 0.523. The molecule has 0 saturated heterocycles. The van der Waals surface area contributed by atoms with E-state index in [0.29, 0.717) is 12.5 Å². The van der Waals surface area contributed by atoms with Gasteiger partial charge in [-0.05, 0) is 19.3 Å². The van der Waals surface area contributed by atoms with Crippen LogP contribution in [0, 0.1) is 12.8 Å². The molecule has 0 aliphatic heterocycles. The maximum Gasteiger partial charge on any atom is 0.122 e. The molecule has 1 aromatic heterocycles. The molecule has 0 atom stereocenters. The van der Waals surface area contributed by atoms with Crippen LogP contribution in [0.5, 0.6) is 0 Å². The Kier molecular flexibility index (Phi) is 3.09. The largest absolute Gasteiger partial charge is 0.334 e. The second-order valence-electron chi connectivity index (χ2n) is 3.92. The molecule has 1 rings (SSSR count). The van der Waals surface area contributed by atoms with E-state index in [1.54, 1.807) is 0 Å². The summed E-state index contributed by atoms with van der Waals surface area (Å²) in [6.07, 6.45) is 1.08. The van der Waals surface area contributed by atoms with Crippen molar-refractivity contribution < 1.29 is 0 Å². The van der Waals surface area contributed by atoms with Crippen LogP contribution in [-0.2, 0) is 20.0 Å². The van der Waals surface area contributed by atoms with Gasteiger partial charge in [-0.1, -0.05) is 13.8 Å². The van der Waals surface area contributed by atoms with Gasteiger partial charge in [0.25, 0.3) is 0 Å². The third-order valence-electron chi connectivity index (χ3n) is 2.29. The molecule has 0 spiro atoms. The van der Waals surface area contributed by atoms with Gasteiger partial charge >= 0.3 is 0 Å². The summed E-state index contributed by atoms with van der Waals surface area (Å²) in [7, 11) is 2.04. The molecule has 0 saturated carbocycles. The molecule has 1 heterocycles. The number of nitrogens with zero attached hydrogens (tertiary/aromatic N) is 2. The van der Waals surface area contributed by atoms with Crippen LogP contribution in [0.15, 0.2) is 0 Å². The Morgan fingerprint density at radius 1 is 1.46 bits per heavy atom. The fourth-order valence-corrected chi connectivity index (χ4v) is 1.59. The third kappa shape index (κ3) is 2.10. The predicted molar refractivity (Wildman–Crippen MR) is 54.4 cm³/mol. The summed E-state index contributed by atoms with van der Waals surface area (Å²) in [4.78, 5) is 4.42. The molecule has 0 bridgehead atoms. The Hall–Kier alpha value is -0.830. The van der Waals surface area contributed by atoms with Crippen LogP contribution >= 0.6 is 0 Å². The molecule has 1 aromatic rings. The van der Waals surface area contributed by atoms with Gasteiger partial charge in [0.05, 0.1) is 12.2 Å². The lowest BCUT2D eigenvalue weighted by atomic mass is 10.1. The standard InChI is InChI=1S/C10H19N3/c1-7(2)5-9-8(3)12-10(6-11)13(9)4/h7H,5-6,11H2,1-4H3. The average molecular weight is 181 g/mol. The van der Waals surface area contributed by atoms with Crippen molar-refractivity contribution in [2.75, 3.05) is 0 Å². The van der Waals surface area contributed by atoms with Gasteiger partial charge in [-0.3, -0.25) is 0 Å². The van der Waals surface area contributed by atoms with E-state index < -0.39 is 0 Å². The summed E-state index contributed by atoms with van der Waals surface area (Å²) in [6, 6.07) is 0. The Bertz CT molecular complexity index is 287. The highest BCUT2D eigenvalue weighted by Gasteiger charge is 2.10. The van der Waals surface area contributed by atoms with Gasteiger partial charge in [0.1, 0.15) is 5.82 Å². The monoisotopic (exact) mass is 181 g/mol. The zero-order valence-electron chi connectivity index (χ0n) is 8.96. The average Bonchev–Trinajstić information content (AvgIpc) is 2.31. The van der Waals surface area contributed by atoms with E-state index in [0.717, 1.165) is 17.9 Å². The molecule has 0 radical (unpaired) electrons. The lowest BCUT2D eigenvalue weighted by Crippen LogP contribution is -2.08. The summed E-state index contributed by atoms with van der Waals surface area (Å²) in [5, 5.41) is 0. The van der Waals surface area contributed by atoms with Crippen LogP contribution < -0.4 is 5.73 Å². The number of hydrogen-bond donors (Lipinski definition) is 1. The first-order chi connectivity index (χ1) is 6.06. The van der Waals surface area contributed by atoms with Gasteiger partial charge in [0, 0.05) is 12.7 Å². The van der Waals surface area contributed by atoms with Crippen LogP contribution in [0.3, 0.4) is 0 Å². The molecule has 0 aliphatic rings. The second kappa shape index (κ2) is 3.92. The first kappa shape index (κ1) is 10.3. The van der Waals surface area contributed by atoms with Crippen LogP contribution in [0.1, 0.15) is 31.1 Å². The lowest BCUT2D eigenvalue weighted by molar-refractivity contribution is 0.607. The minimum Gasteiger partial charge on any atom is -0.334 e. The van der Waals surface area contributed by atoms with Crippen molar-refractivity contribution in [3.8, 4) is 0 Å². The number of aromatic nitrogens is 2. The summed E-state index contributed by atoms with van der Waals surface area (Å²) >= 11 is 0. The quantitative estimate of drug-likeness (QED) is 0.765. The molecule has 0 aromatic carbocycles. The van der Waals surface area contributed by atoms with E-state index in [4.69, 9.17) is 5.73 Å². The summed E-state index contributed by atoms with van der Waals surface area (Å²) in [6.45, 7) is 7.01. The Labute approximate surface area is 80.0 Å². The molecular weight excluding hydrogens is 162 g/mol. The van der Waals surface area contributed by atoms with Crippen molar-refractivity contribution in [1.29, 1.82) is 0 Å². The van der Waals surface area contributed by atoms with Crippen molar-refractivity contribution in [2.45, 2.75) is 33.7 Å². The third-order valence-corrected chi connectivity index (χ3v) is 2.29. The van der Waals surface area contributed by atoms with E-state index >= 15 is 0 Å². The van der Waals surface area contributed by atoms with Crippen LogP contribution in [0.25, 0.3) is 0 Å². The fraction of sp³-hybridized carbons (Fsp3) is 0.700. The first-order valence-corrected chi connectivity index (χ1v) is 4.77. The van der Waals surface area contributed by atoms with Crippen molar-refractivity contribution in [1.82, 2.24) is 9.55 Å². The van der Waals surface area contributed by atoms with Gasteiger partial charge in [-0.25, -0.2) is 4.98 Å². The van der Waals surface area contributed by atoms with E-state index in [9.17, 15) is 0 Å². The summed E-state index contributed by atoms with van der Waals surface area (Å²) in [5.41, 5.74) is 8.02. The topological polar surface area (TPSA) is 43.8 Å². The molecule has 74 valence electrons. The smallest absolute Gasteiger partial charge is 0.122 e. The molecule has 0 fully saturated rings. The van der Waals surface area contributed by atoms with Gasteiger partial charge < -0.3 is 10.3 Å². The SMILES string of the molecule is Cc1nc(CN)n(C)c1CC(C)C. The Balaban J connectivity index is 2.98. The highest BCUT2D eigenvalue weighted by Crippen LogP contribution is 2.13. The molecule has 13 heavy (non-hydrogen) atoms. The molecule has 0 amide bonds. The van der Waals surface area contributed by atoms with Crippen molar-refractivity contribution in [2.24, 2.45) is 18.7 Å². The molecular formula is C10H19N3. The number of imidazole rings is 1. The molecule has 3 heteroatoms. The van der Waals surface area contributed by atoms with E-state index in [2.05, 4.69) is 30.3 Å². The number of rotatable bonds is 3. The normalized spacial score (nSPS) is 11.2. The molecule has 3 nitrogen and oxygen atoms in total. The van der Waals surface area contributed by atoms with Gasteiger partial charge in [-0.2, -0.15) is 0 Å². The zero-order chi connectivity index (χ0) is 10.0. The minimum absolute atomic E-state index is 0.523. The Morgan fingerprint density at radius 2 is 2.08 bits per heavy atom. The van der Waals surface area contributed by atoms with Crippen LogP contribution in [-0.4, -0.2) is 9.55 Å². The van der Waals surface area contributed by atoms with Gasteiger partial charge in [0.2, 0.25) is 0 Å². The van der Waals surface area contributed by atoms with Gasteiger partial charge in [-0.15, -0.1) is 0 Å². The van der Waals surface area contributed by atoms with Crippen LogP contribution in [0.4, 0.5) is 0 Å². The number of aryl methyl sites for hydroxylation is 1. The first-order valence-electron chi connectivity index (χ1n) is 4.77. The number of nitrogens with two attached hydrogens (primary N) is 1. The van der Waals surface area contributed by atoms with Crippen molar-refractivity contribution in [3.05, 3.63) is 17.2 Å². The molecule has 0 unspecified atom stereocenters. The predicted octanol–water partition coefficient (Wildman–Crippen LogP) is 1.39. The summed E-state index contributed by atoms with van der Waals surface area (Å²) in [5.74, 6) is 1.65. The molecule has 2 N–H and O–H groups in total. The van der Waals surface area contributed by atoms with Crippen molar-refractivity contribution in [3.63, 3.8) is 0 Å². The van der Waals surface area contributed by atoms with E-state index in [1.165, 1.54) is 5.69 Å². The summed E-state index contributed by atoms with van der Waals surface area (Å²) < 4.78 is 2.12. The van der Waals surface area contributed by atoms with E-state index in [-0.39, 0.29) is 0 Å². The Morgan fingerprint density at radius 3 is 2.46 bits per heavy atom. The lowest BCUT2D eigenvalue weighted by Gasteiger charge is -2.07. The van der Waals surface area contributed by atoms with Crippen molar-refractivity contribution >= 4 is 0 Å². The maximum atomic E-state index is 5.58. The molecule has 0 aliphatic carbocycles. The maximum absolute atomic E-state index is 5.58.